The highest BCUT2D eigenvalue weighted by molar-refractivity contribution is 5.85. The largest absolute Gasteiger partial charge is 0.356 e. The van der Waals surface area contributed by atoms with Crippen LogP contribution in [0.5, 0.6) is 0 Å². The Balaban J connectivity index is 0.00000361. The molecule has 0 aliphatic carbocycles. The summed E-state index contributed by atoms with van der Waals surface area (Å²) in [6.45, 7) is 4.49. The summed E-state index contributed by atoms with van der Waals surface area (Å²) in [5.41, 5.74) is 7.08. The highest BCUT2D eigenvalue weighted by Crippen LogP contribution is 2.06. The molecule has 0 spiro atoms. The van der Waals surface area contributed by atoms with E-state index < -0.39 is 0 Å². The molecule has 0 aromatic heterocycles. The normalized spacial score (nSPS) is 13.2. The van der Waals surface area contributed by atoms with Crippen LogP contribution >= 0.6 is 12.4 Å². The van der Waals surface area contributed by atoms with E-state index in [-0.39, 0.29) is 30.3 Å². The van der Waals surface area contributed by atoms with E-state index >= 15 is 0 Å². The van der Waals surface area contributed by atoms with Crippen LogP contribution in [0.25, 0.3) is 0 Å². The third-order valence-corrected chi connectivity index (χ3v) is 3.49. The molecule has 2 unspecified atom stereocenters. The fourth-order valence-corrected chi connectivity index (χ4v) is 1.89. The van der Waals surface area contributed by atoms with Crippen LogP contribution in [0.15, 0.2) is 30.3 Å². The highest BCUT2D eigenvalue weighted by Gasteiger charge is 2.15. The van der Waals surface area contributed by atoms with Gasteiger partial charge in [-0.25, -0.2) is 0 Å². The average molecular weight is 299 g/mol. The predicted octanol–water partition coefficient (Wildman–Crippen LogP) is 2.92. The van der Waals surface area contributed by atoms with Gasteiger partial charge in [0, 0.05) is 18.5 Å². The van der Waals surface area contributed by atoms with E-state index in [0.29, 0.717) is 0 Å². The molecular formula is C16H27ClN2O. The van der Waals surface area contributed by atoms with E-state index in [1.54, 1.807) is 0 Å². The van der Waals surface area contributed by atoms with Gasteiger partial charge in [0.05, 0.1) is 0 Å². The maximum absolute atomic E-state index is 11.6. The lowest BCUT2D eigenvalue weighted by atomic mass is 10.0. The van der Waals surface area contributed by atoms with Crippen LogP contribution in [0, 0.1) is 5.92 Å². The van der Waals surface area contributed by atoms with Crippen LogP contribution in [0.3, 0.4) is 0 Å². The summed E-state index contributed by atoms with van der Waals surface area (Å²) in [6.07, 6.45) is 4.46. The van der Waals surface area contributed by atoms with E-state index in [9.17, 15) is 4.79 Å². The Hall–Kier alpha value is -1.06. The van der Waals surface area contributed by atoms with Crippen molar-refractivity contribution < 1.29 is 4.79 Å². The summed E-state index contributed by atoms with van der Waals surface area (Å²) in [4.78, 5) is 11.6. The van der Waals surface area contributed by atoms with Crippen molar-refractivity contribution in [3.63, 3.8) is 0 Å². The van der Waals surface area contributed by atoms with Crippen molar-refractivity contribution in [3.8, 4) is 0 Å². The van der Waals surface area contributed by atoms with Crippen LogP contribution in [0.1, 0.15) is 38.7 Å². The number of nitrogens with one attached hydrogen (secondary N) is 1. The maximum atomic E-state index is 11.6. The molecule has 0 saturated heterocycles. The van der Waals surface area contributed by atoms with Gasteiger partial charge in [0.1, 0.15) is 0 Å². The zero-order valence-corrected chi connectivity index (χ0v) is 13.3. The number of halogens is 1. The minimum absolute atomic E-state index is 0. The second-order valence-corrected chi connectivity index (χ2v) is 5.24. The fourth-order valence-electron chi connectivity index (χ4n) is 1.89. The van der Waals surface area contributed by atoms with E-state index in [1.807, 2.05) is 19.9 Å². The van der Waals surface area contributed by atoms with Crippen molar-refractivity contribution in [2.75, 3.05) is 6.54 Å². The number of hydrogen-bond donors (Lipinski definition) is 2. The second-order valence-electron chi connectivity index (χ2n) is 5.24. The Morgan fingerprint density at radius 1 is 1.15 bits per heavy atom. The zero-order chi connectivity index (χ0) is 14.1. The molecule has 1 rings (SSSR count). The number of carbonyl (C=O) groups is 1. The van der Waals surface area contributed by atoms with Crippen LogP contribution in [0.2, 0.25) is 0 Å². The number of benzene rings is 1. The second kappa shape index (κ2) is 10.7. The van der Waals surface area contributed by atoms with E-state index in [4.69, 9.17) is 5.73 Å². The monoisotopic (exact) mass is 298 g/mol. The van der Waals surface area contributed by atoms with Gasteiger partial charge in [-0.3, -0.25) is 4.79 Å². The molecule has 20 heavy (non-hydrogen) atoms. The minimum atomic E-state index is -0.107. The zero-order valence-electron chi connectivity index (χ0n) is 12.5. The number of aryl methyl sites for hydroxylation is 1. The first-order valence-electron chi connectivity index (χ1n) is 7.18. The number of rotatable bonds is 8. The quantitative estimate of drug-likeness (QED) is 0.725. The molecule has 2 atom stereocenters. The molecule has 0 heterocycles. The van der Waals surface area contributed by atoms with Crippen LogP contribution < -0.4 is 11.1 Å². The molecule has 0 bridgehead atoms. The van der Waals surface area contributed by atoms with Gasteiger partial charge in [0.15, 0.2) is 0 Å². The Morgan fingerprint density at radius 2 is 1.80 bits per heavy atom. The average Bonchev–Trinajstić information content (AvgIpc) is 2.42. The molecule has 3 N–H and O–H groups in total. The van der Waals surface area contributed by atoms with Crippen molar-refractivity contribution in [1.29, 1.82) is 0 Å². The fraction of sp³-hybridized carbons (Fsp3) is 0.562. The molecule has 1 aromatic carbocycles. The van der Waals surface area contributed by atoms with Crippen molar-refractivity contribution in [2.24, 2.45) is 11.7 Å². The first-order valence-corrected chi connectivity index (χ1v) is 7.18. The molecule has 1 aromatic rings. The van der Waals surface area contributed by atoms with Crippen LogP contribution in [-0.2, 0) is 11.2 Å². The Bertz CT molecular complexity index is 368. The molecule has 3 nitrogen and oxygen atoms in total. The van der Waals surface area contributed by atoms with Crippen LogP contribution in [0.4, 0.5) is 0 Å². The summed E-state index contributed by atoms with van der Waals surface area (Å²) in [6, 6.07) is 10.4. The lowest BCUT2D eigenvalue weighted by molar-refractivity contribution is -0.124. The van der Waals surface area contributed by atoms with Gasteiger partial charge >= 0.3 is 0 Å². The van der Waals surface area contributed by atoms with Gasteiger partial charge in [-0.1, -0.05) is 43.7 Å². The molecule has 0 aliphatic heterocycles. The predicted molar refractivity (Wildman–Crippen MR) is 87.1 cm³/mol. The maximum Gasteiger partial charge on any atom is 0.224 e. The summed E-state index contributed by atoms with van der Waals surface area (Å²) in [5, 5.41) is 2.94. The van der Waals surface area contributed by atoms with Crippen molar-refractivity contribution in [2.45, 2.75) is 45.6 Å². The first kappa shape index (κ1) is 18.9. The van der Waals surface area contributed by atoms with Gasteiger partial charge < -0.3 is 11.1 Å². The Kier molecular flexibility index (Phi) is 10.1. The van der Waals surface area contributed by atoms with E-state index in [2.05, 4.69) is 29.6 Å². The number of nitrogens with two attached hydrogens (primary N) is 1. The SMILES string of the molecule is CC(N)C(C)C(=O)NCCCCCc1ccccc1.Cl. The lowest BCUT2D eigenvalue weighted by Gasteiger charge is -2.15. The summed E-state index contributed by atoms with van der Waals surface area (Å²) in [7, 11) is 0. The molecule has 114 valence electrons. The number of hydrogen-bond acceptors (Lipinski definition) is 2. The van der Waals surface area contributed by atoms with E-state index in [1.165, 1.54) is 12.0 Å². The summed E-state index contributed by atoms with van der Waals surface area (Å²) in [5.74, 6) is -0.0395. The smallest absolute Gasteiger partial charge is 0.224 e. The molecule has 0 fully saturated rings. The number of carbonyl (C=O) groups excluding carboxylic acids is 1. The summed E-state index contributed by atoms with van der Waals surface area (Å²) < 4.78 is 0. The van der Waals surface area contributed by atoms with E-state index in [0.717, 1.165) is 25.8 Å². The molecular weight excluding hydrogens is 272 g/mol. The van der Waals surface area contributed by atoms with Crippen molar-refractivity contribution in [3.05, 3.63) is 35.9 Å². The molecule has 0 radical (unpaired) electrons. The summed E-state index contributed by atoms with van der Waals surface area (Å²) >= 11 is 0. The molecule has 4 heteroatoms. The lowest BCUT2D eigenvalue weighted by Crippen LogP contribution is -2.38. The number of unbranched alkanes of at least 4 members (excludes halogenated alkanes) is 2. The topological polar surface area (TPSA) is 55.1 Å². The van der Waals surface area contributed by atoms with Crippen LogP contribution in [-0.4, -0.2) is 18.5 Å². The third-order valence-electron chi connectivity index (χ3n) is 3.49. The van der Waals surface area contributed by atoms with Gasteiger partial charge in [0.25, 0.3) is 0 Å². The number of amides is 1. The standard InChI is InChI=1S/C16H26N2O.ClH/c1-13(14(2)17)16(19)18-12-8-4-7-11-15-9-5-3-6-10-15;/h3,5-6,9-10,13-14H,4,7-8,11-12,17H2,1-2H3,(H,18,19);1H. The molecule has 0 saturated carbocycles. The van der Waals surface area contributed by atoms with Gasteiger partial charge in [-0.2, -0.15) is 0 Å². The highest BCUT2D eigenvalue weighted by atomic mass is 35.5. The Morgan fingerprint density at radius 3 is 2.40 bits per heavy atom. The van der Waals surface area contributed by atoms with Gasteiger partial charge in [0.2, 0.25) is 5.91 Å². The van der Waals surface area contributed by atoms with Gasteiger partial charge in [-0.15, -0.1) is 12.4 Å². The molecule has 0 aliphatic rings. The van der Waals surface area contributed by atoms with Crippen molar-refractivity contribution >= 4 is 18.3 Å². The van der Waals surface area contributed by atoms with Gasteiger partial charge in [-0.05, 0) is 31.7 Å². The first-order chi connectivity index (χ1) is 9.11. The Labute approximate surface area is 128 Å². The molecule has 1 amide bonds. The van der Waals surface area contributed by atoms with Crippen molar-refractivity contribution in [1.82, 2.24) is 5.32 Å². The third kappa shape index (κ3) is 7.51. The minimum Gasteiger partial charge on any atom is -0.356 e.